The smallest absolute Gasteiger partial charge is 0.0747 e. The topological polar surface area (TPSA) is 49.5 Å². The molecule has 0 radical (unpaired) electrons. The molecule has 11 heavy (non-hydrogen) atoms. The first-order valence-corrected chi connectivity index (χ1v) is 4.29. The Balaban J connectivity index is 2.55. The van der Waals surface area contributed by atoms with Crippen molar-refractivity contribution >= 4 is 0 Å². The third-order valence-electron chi connectivity index (χ3n) is 2.69. The summed E-state index contributed by atoms with van der Waals surface area (Å²) in [4.78, 5) is 2.20. The number of rotatable bonds is 2. The highest BCUT2D eigenvalue weighted by atomic mass is 16.3. The van der Waals surface area contributed by atoms with Gasteiger partial charge < -0.3 is 15.7 Å². The molecule has 1 fully saturated rings. The second-order valence-corrected chi connectivity index (χ2v) is 3.40. The lowest BCUT2D eigenvalue weighted by atomic mass is 10.0. The van der Waals surface area contributed by atoms with E-state index in [9.17, 15) is 5.11 Å². The first kappa shape index (κ1) is 8.97. The fourth-order valence-electron chi connectivity index (χ4n) is 1.96. The average molecular weight is 158 g/mol. The fourth-order valence-corrected chi connectivity index (χ4v) is 1.96. The Morgan fingerprint density at radius 3 is 2.55 bits per heavy atom. The first-order chi connectivity index (χ1) is 5.20. The van der Waals surface area contributed by atoms with Gasteiger partial charge in [0, 0.05) is 18.5 Å². The van der Waals surface area contributed by atoms with Crippen LogP contribution in [0.25, 0.3) is 0 Å². The predicted molar refractivity (Wildman–Crippen MR) is 45.3 cm³/mol. The lowest BCUT2D eigenvalue weighted by molar-refractivity contribution is 0.101. The van der Waals surface area contributed by atoms with Gasteiger partial charge in [-0.2, -0.15) is 0 Å². The van der Waals surface area contributed by atoms with Gasteiger partial charge in [-0.15, -0.1) is 0 Å². The van der Waals surface area contributed by atoms with Crippen molar-refractivity contribution in [1.29, 1.82) is 0 Å². The quantitative estimate of drug-likeness (QED) is 0.577. The van der Waals surface area contributed by atoms with E-state index >= 15 is 0 Å². The largest absolute Gasteiger partial charge is 0.391 e. The zero-order valence-electron chi connectivity index (χ0n) is 7.33. The standard InChI is InChI=1S/C8H18N2O/c1-3-7-8(11)6(4-9)5-10(7)2/h6-8,11H,3-5,9H2,1-2H3. The summed E-state index contributed by atoms with van der Waals surface area (Å²) < 4.78 is 0. The number of nitrogens with zero attached hydrogens (tertiary/aromatic N) is 1. The fraction of sp³-hybridized carbons (Fsp3) is 1.00. The Labute approximate surface area is 68.2 Å². The maximum absolute atomic E-state index is 9.70. The van der Waals surface area contributed by atoms with E-state index < -0.39 is 0 Å². The normalized spacial score (nSPS) is 39.8. The molecule has 66 valence electrons. The molecule has 1 aliphatic heterocycles. The van der Waals surface area contributed by atoms with Gasteiger partial charge in [0.2, 0.25) is 0 Å². The zero-order chi connectivity index (χ0) is 8.43. The van der Waals surface area contributed by atoms with Crippen molar-refractivity contribution < 1.29 is 5.11 Å². The van der Waals surface area contributed by atoms with E-state index in [4.69, 9.17) is 5.73 Å². The highest BCUT2D eigenvalue weighted by Crippen LogP contribution is 2.23. The summed E-state index contributed by atoms with van der Waals surface area (Å²) in [5, 5.41) is 9.70. The molecular formula is C8H18N2O. The first-order valence-electron chi connectivity index (χ1n) is 4.29. The Hall–Kier alpha value is -0.120. The molecule has 3 N–H and O–H groups in total. The number of hydrogen-bond donors (Lipinski definition) is 2. The molecule has 1 rings (SSSR count). The minimum absolute atomic E-state index is 0.213. The van der Waals surface area contributed by atoms with Crippen LogP contribution in [0, 0.1) is 5.92 Å². The summed E-state index contributed by atoms with van der Waals surface area (Å²) in [6.45, 7) is 3.64. The van der Waals surface area contributed by atoms with E-state index in [-0.39, 0.29) is 12.0 Å². The van der Waals surface area contributed by atoms with Gasteiger partial charge in [-0.05, 0) is 20.0 Å². The summed E-state index contributed by atoms with van der Waals surface area (Å²) in [6, 6.07) is 0.323. The molecule has 1 saturated heterocycles. The van der Waals surface area contributed by atoms with E-state index in [0.29, 0.717) is 12.6 Å². The van der Waals surface area contributed by atoms with Crippen LogP contribution in [0.1, 0.15) is 13.3 Å². The molecule has 3 unspecified atom stereocenters. The second-order valence-electron chi connectivity index (χ2n) is 3.40. The highest BCUT2D eigenvalue weighted by Gasteiger charge is 2.36. The van der Waals surface area contributed by atoms with Gasteiger partial charge in [-0.25, -0.2) is 0 Å². The van der Waals surface area contributed by atoms with Crippen molar-refractivity contribution in [2.45, 2.75) is 25.5 Å². The van der Waals surface area contributed by atoms with Crippen LogP contribution < -0.4 is 5.73 Å². The number of aliphatic hydroxyl groups is 1. The SMILES string of the molecule is CCC1C(O)C(CN)CN1C. The predicted octanol–water partition coefficient (Wildman–Crippen LogP) is -0.354. The van der Waals surface area contributed by atoms with Crippen molar-refractivity contribution in [3.05, 3.63) is 0 Å². The Morgan fingerprint density at radius 1 is 1.64 bits per heavy atom. The summed E-state index contributed by atoms with van der Waals surface area (Å²) in [5.74, 6) is 0.282. The van der Waals surface area contributed by atoms with Crippen molar-refractivity contribution in [2.75, 3.05) is 20.1 Å². The number of likely N-dealkylation sites (tertiary alicyclic amines) is 1. The third kappa shape index (κ3) is 1.55. The van der Waals surface area contributed by atoms with E-state index in [0.717, 1.165) is 13.0 Å². The van der Waals surface area contributed by atoms with Crippen LogP contribution >= 0.6 is 0 Å². The molecule has 3 nitrogen and oxygen atoms in total. The molecule has 1 aliphatic rings. The van der Waals surface area contributed by atoms with Crippen molar-refractivity contribution in [3.8, 4) is 0 Å². The Morgan fingerprint density at radius 2 is 2.27 bits per heavy atom. The number of nitrogens with two attached hydrogens (primary N) is 1. The van der Waals surface area contributed by atoms with Crippen LogP contribution in [0.15, 0.2) is 0 Å². The Bertz CT molecular complexity index is 129. The summed E-state index contributed by atoms with van der Waals surface area (Å²) in [5.41, 5.74) is 5.52. The summed E-state index contributed by atoms with van der Waals surface area (Å²) in [6.07, 6.45) is 0.795. The van der Waals surface area contributed by atoms with Crippen molar-refractivity contribution in [3.63, 3.8) is 0 Å². The molecule has 0 aromatic carbocycles. The second kappa shape index (κ2) is 3.52. The number of hydrogen-bond acceptors (Lipinski definition) is 3. The minimum Gasteiger partial charge on any atom is -0.391 e. The van der Waals surface area contributed by atoms with Crippen LogP contribution in [-0.2, 0) is 0 Å². The van der Waals surface area contributed by atoms with Crippen molar-refractivity contribution in [2.24, 2.45) is 11.7 Å². The highest BCUT2D eigenvalue weighted by molar-refractivity contribution is 4.90. The summed E-state index contributed by atoms with van der Waals surface area (Å²) >= 11 is 0. The van der Waals surface area contributed by atoms with Crippen LogP contribution in [0.5, 0.6) is 0 Å². The van der Waals surface area contributed by atoms with Gasteiger partial charge in [0.25, 0.3) is 0 Å². The molecule has 0 spiro atoms. The number of likely N-dealkylation sites (N-methyl/N-ethyl adjacent to an activating group) is 1. The molecule has 1 heterocycles. The van der Waals surface area contributed by atoms with Crippen molar-refractivity contribution in [1.82, 2.24) is 4.90 Å². The van der Waals surface area contributed by atoms with E-state index in [1.807, 2.05) is 7.05 Å². The zero-order valence-corrected chi connectivity index (χ0v) is 7.33. The van der Waals surface area contributed by atoms with E-state index in [2.05, 4.69) is 11.8 Å². The summed E-state index contributed by atoms with van der Waals surface area (Å²) in [7, 11) is 2.05. The lowest BCUT2D eigenvalue weighted by Crippen LogP contribution is -2.33. The average Bonchev–Trinajstić information content (AvgIpc) is 2.26. The Kier molecular flexibility index (Phi) is 2.87. The molecule has 3 atom stereocenters. The van der Waals surface area contributed by atoms with Gasteiger partial charge in [0.1, 0.15) is 0 Å². The molecule has 0 aromatic heterocycles. The molecular weight excluding hydrogens is 140 g/mol. The molecule has 0 aromatic rings. The third-order valence-corrected chi connectivity index (χ3v) is 2.69. The van der Waals surface area contributed by atoms with Gasteiger partial charge in [-0.1, -0.05) is 6.92 Å². The minimum atomic E-state index is -0.213. The van der Waals surface area contributed by atoms with Crippen LogP contribution in [0.4, 0.5) is 0 Å². The molecule has 0 saturated carbocycles. The van der Waals surface area contributed by atoms with E-state index in [1.54, 1.807) is 0 Å². The monoisotopic (exact) mass is 158 g/mol. The molecule has 3 heteroatoms. The molecule has 0 bridgehead atoms. The molecule has 0 amide bonds. The van der Waals surface area contributed by atoms with E-state index in [1.165, 1.54) is 0 Å². The van der Waals surface area contributed by atoms with Gasteiger partial charge >= 0.3 is 0 Å². The molecule has 0 aliphatic carbocycles. The van der Waals surface area contributed by atoms with Crippen LogP contribution in [0.3, 0.4) is 0 Å². The maximum Gasteiger partial charge on any atom is 0.0747 e. The lowest BCUT2D eigenvalue weighted by Gasteiger charge is -2.20. The van der Waals surface area contributed by atoms with Crippen LogP contribution in [-0.4, -0.2) is 42.3 Å². The van der Waals surface area contributed by atoms with Gasteiger partial charge in [0.05, 0.1) is 6.10 Å². The van der Waals surface area contributed by atoms with Gasteiger partial charge in [0.15, 0.2) is 0 Å². The number of aliphatic hydroxyl groups excluding tert-OH is 1. The van der Waals surface area contributed by atoms with Crippen LogP contribution in [0.2, 0.25) is 0 Å². The van der Waals surface area contributed by atoms with Gasteiger partial charge in [-0.3, -0.25) is 0 Å². The maximum atomic E-state index is 9.70.